The topological polar surface area (TPSA) is 3.24 Å². The van der Waals surface area contributed by atoms with Crippen molar-refractivity contribution in [2.45, 2.75) is 106 Å². The van der Waals surface area contributed by atoms with Gasteiger partial charge in [0.05, 0.1) is 0 Å². The molecule has 1 aromatic carbocycles. The molecular formula is C26H42NP. The summed E-state index contributed by atoms with van der Waals surface area (Å²) in [6.07, 6.45) is 19.8. The van der Waals surface area contributed by atoms with Crippen LogP contribution in [0.4, 0.5) is 0 Å². The molecule has 2 heteroatoms. The normalized spacial score (nSPS) is 28.9. The van der Waals surface area contributed by atoms with Gasteiger partial charge in [0.25, 0.3) is 0 Å². The maximum Gasteiger partial charge on any atom is 0.0376 e. The van der Waals surface area contributed by atoms with E-state index in [1.165, 1.54) is 57.8 Å². The number of nitrogens with zero attached hydrogens (tertiary/aromatic N) is 1. The molecule has 4 rings (SSSR count). The number of hydrogen-bond donors (Lipinski definition) is 0. The van der Waals surface area contributed by atoms with E-state index in [2.05, 4.69) is 49.3 Å². The van der Waals surface area contributed by atoms with E-state index in [1.54, 1.807) is 31.2 Å². The smallest absolute Gasteiger partial charge is 0.0376 e. The van der Waals surface area contributed by atoms with E-state index in [0.29, 0.717) is 6.04 Å². The number of rotatable bonds is 6. The van der Waals surface area contributed by atoms with Crippen molar-refractivity contribution >= 4 is 7.92 Å². The zero-order valence-electron chi connectivity index (χ0n) is 18.4. The second kappa shape index (κ2) is 10.1. The first-order valence-electron chi connectivity index (χ1n) is 12.2. The van der Waals surface area contributed by atoms with Crippen molar-refractivity contribution in [1.29, 1.82) is 0 Å². The molecule has 0 radical (unpaired) electrons. The minimum Gasteiger partial charge on any atom is -0.302 e. The van der Waals surface area contributed by atoms with Crippen LogP contribution >= 0.6 is 7.92 Å². The quantitative estimate of drug-likeness (QED) is 0.445. The maximum absolute atomic E-state index is 2.55. The Labute approximate surface area is 175 Å². The van der Waals surface area contributed by atoms with Crippen LogP contribution in [0.15, 0.2) is 30.3 Å². The lowest BCUT2D eigenvalue weighted by atomic mass is 9.90. The van der Waals surface area contributed by atoms with Crippen LogP contribution in [-0.2, 0) is 0 Å². The van der Waals surface area contributed by atoms with Gasteiger partial charge in [-0.1, -0.05) is 83.2 Å². The van der Waals surface area contributed by atoms with Crippen LogP contribution in [-0.4, -0.2) is 36.0 Å². The summed E-state index contributed by atoms with van der Waals surface area (Å²) in [6.45, 7) is 0. The van der Waals surface area contributed by atoms with Crippen molar-refractivity contribution in [2.24, 2.45) is 5.92 Å². The lowest BCUT2D eigenvalue weighted by Gasteiger charge is -2.46. The molecule has 3 fully saturated rings. The highest BCUT2D eigenvalue weighted by Crippen LogP contribution is 2.65. The number of hydrogen-bond acceptors (Lipinski definition) is 1. The second-order valence-electron chi connectivity index (χ2n) is 10.0. The monoisotopic (exact) mass is 399 g/mol. The Bertz CT molecular complexity index is 555. The Morgan fingerprint density at radius 3 is 1.82 bits per heavy atom. The fourth-order valence-corrected chi connectivity index (χ4v) is 11.7. The predicted molar refractivity (Wildman–Crippen MR) is 125 cm³/mol. The molecule has 28 heavy (non-hydrogen) atoms. The van der Waals surface area contributed by atoms with E-state index < -0.39 is 0 Å². The standard InChI is InChI=1S/C26H42NP/c1-27(2)26(21-13-6-3-7-14-21)24-19-12-20-25(24)28(22-15-8-4-9-16-22)23-17-10-5-11-18-23/h3,6-7,13-14,22-26H,4-5,8-12,15-20H2,1-2H3/t24-,25?,26+/m0/s1. The van der Waals surface area contributed by atoms with Crippen LogP contribution in [0, 0.1) is 5.92 Å². The Morgan fingerprint density at radius 1 is 0.714 bits per heavy atom. The largest absolute Gasteiger partial charge is 0.302 e. The Balaban J connectivity index is 1.62. The molecule has 156 valence electrons. The molecule has 0 bridgehead atoms. The van der Waals surface area contributed by atoms with Crippen LogP contribution in [0.1, 0.15) is 95.1 Å². The van der Waals surface area contributed by atoms with Gasteiger partial charge in [-0.25, -0.2) is 0 Å². The van der Waals surface area contributed by atoms with Gasteiger partial charge in [-0.3, -0.25) is 0 Å². The fraction of sp³-hybridized carbons (Fsp3) is 0.769. The van der Waals surface area contributed by atoms with Gasteiger partial charge in [0, 0.05) is 6.04 Å². The van der Waals surface area contributed by atoms with E-state index in [4.69, 9.17) is 0 Å². The molecule has 0 aliphatic heterocycles. The van der Waals surface area contributed by atoms with Crippen molar-refractivity contribution in [3.8, 4) is 0 Å². The van der Waals surface area contributed by atoms with Gasteiger partial charge in [0.1, 0.15) is 0 Å². The molecule has 0 N–H and O–H groups in total. The van der Waals surface area contributed by atoms with Crippen LogP contribution < -0.4 is 0 Å². The third kappa shape index (κ3) is 4.67. The molecule has 1 unspecified atom stereocenters. The van der Waals surface area contributed by atoms with Crippen molar-refractivity contribution in [3.63, 3.8) is 0 Å². The molecule has 1 aromatic rings. The van der Waals surface area contributed by atoms with Gasteiger partial charge in [0.15, 0.2) is 0 Å². The molecule has 3 aliphatic carbocycles. The average molecular weight is 400 g/mol. The molecular weight excluding hydrogens is 357 g/mol. The average Bonchev–Trinajstić information content (AvgIpc) is 3.19. The van der Waals surface area contributed by atoms with E-state index in [0.717, 1.165) is 22.9 Å². The van der Waals surface area contributed by atoms with Crippen LogP contribution in [0.25, 0.3) is 0 Å². The predicted octanol–water partition coefficient (Wildman–Crippen LogP) is 7.61. The summed E-state index contributed by atoms with van der Waals surface area (Å²) in [5, 5.41) is 0. The summed E-state index contributed by atoms with van der Waals surface area (Å²) >= 11 is 0. The lowest BCUT2D eigenvalue weighted by Crippen LogP contribution is -2.35. The summed E-state index contributed by atoms with van der Waals surface area (Å²) in [7, 11) is 4.85. The molecule has 3 atom stereocenters. The minimum atomic E-state index is 0.188. The SMILES string of the molecule is CN(C)[C@H](c1ccccc1)[C@H]1CCCC1P(C1CCCCC1)C1CCCCC1. The Kier molecular flexibility index (Phi) is 7.51. The zero-order valence-corrected chi connectivity index (χ0v) is 19.3. The molecule has 3 saturated carbocycles. The molecule has 0 heterocycles. The maximum atomic E-state index is 2.55. The molecule has 1 nitrogen and oxygen atoms in total. The van der Waals surface area contributed by atoms with Crippen LogP contribution in [0.3, 0.4) is 0 Å². The Morgan fingerprint density at radius 2 is 1.29 bits per heavy atom. The summed E-state index contributed by atoms with van der Waals surface area (Å²) in [5.74, 6) is 0.882. The van der Waals surface area contributed by atoms with Gasteiger partial charge in [-0.05, 0) is 81.1 Å². The fourth-order valence-electron chi connectivity index (χ4n) is 6.88. The summed E-state index contributed by atoms with van der Waals surface area (Å²) in [4.78, 5) is 2.55. The van der Waals surface area contributed by atoms with E-state index in [-0.39, 0.29) is 7.92 Å². The van der Waals surface area contributed by atoms with E-state index in [9.17, 15) is 0 Å². The van der Waals surface area contributed by atoms with E-state index >= 15 is 0 Å². The van der Waals surface area contributed by atoms with Gasteiger partial charge in [-0.15, -0.1) is 0 Å². The highest BCUT2D eigenvalue weighted by Gasteiger charge is 2.44. The van der Waals surface area contributed by atoms with E-state index in [1.807, 2.05) is 0 Å². The molecule has 0 saturated heterocycles. The summed E-state index contributed by atoms with van der Waals surface area (Å²) in [6, 6.07) is 12.1. The van der Waals surface area contributed by atoms with Crippen LogP contribution in [0.2, 0.25) is 0 Å². The third-order valence-corrected chi connectivity index (χ3v) is 12.1. The first-order valence-corrected chi connectivity index (χ1v) is 13.8. The molecule has 0 amide bonds. The highest BCUT2D eigenvalue weighted by molar-refractivity contribution is 7.60. The van der Waals surface area contributed by atoms with Gasteiger partial charge < -0.3 is 4.90 Å². The third-order valence-electron chi connectivity index (χ3n) is 8.01. The summed E-state index contributed by atoms with van der Waals surface area (Å²) in [5.41, 5.74) is 4.77. The van der Waals surface area contributed by atoms with Crippen LogP contribution in [0.5, 0.6) is 0 Å². The summed E-state index contributed by atoms with van der Waals surface area (Å²) < 4.78 is 0. The number of benzene rings is 1. The minimum absolute atomic E-state index is 0.188. The van der Waals surface area contributed by atoms with Gasteiger partial charge >= 0.3 is 0 Å². The lowest BCUT2D eigenvalue weighted by molar-refractivity contribution is 0.215. The Hall–Kier alpha value is -0.390. The van der Waals surface area contributed by atoms with Crippen molar-refractivity contribution < 1.29 is 0 Å². The van der Waals surface area contributed by atoms with Crippen molar-refractivity contribution in [1.82, 2.24) is 4.90 Å². The van der Waals surface area contributed by atoms with Gasteiger partial charge in [0.2, 0.25) is 0 Å². The zero-order chi connectivity index (χ0) is 19.3. The van der Waals surface area contributed by atoms with Gasteiger partial charge in [-0.2, -0.15) is 0 Å². The molecule has 0 aromatic heterocycles. The highest BCUT2D eigenvalue weighted by atomic mass is 31.1. The second-order valence-corrected chi connectivity index (χ2v) is 13.0. The van der Waals surface area contributed by atoms with Crippen molar-refractivity contribution in [3.05, 3.63) is 35.9 Å². The first kappa shape index (κ1) is 20.9. The van der Waals surface area contributed by atoms with Crippen molar-refractivity contribution in [2.75, 3.05) is 14.1 Å². The molecule has 3 aliphatic rings. The first-order chi connectivity index (χ1) is 13.8. The molecule has 0 spiro atoms.